The van der Waals surface area contributed by atoms with E-state index in [1.807, 2.05) is 6.08 Å². The van der Waals surface area contributed by atoms with Crippen molar-refractivity contribution in [2.45, 2.75) is 275 Å². The van der Waals surface area contributed by atoms with E-state index < -0.39 is 61.5 Å². The third kappa shape index (κ3) is 29.8. The maximum atomic E-state index is 13.1. The molecule has 0 saturated carbocycles. The van der Waals surface area contributed by atoms with Crippen molar-refractivity contribution < 1.29 is 44.9 Å². The van der Waals surface area contributed by atoms with E-state index in [-0.39, 0.29) is 6.61 Å². The molecule has 1 amide bonds. The number of nitrogens with one attached hydrogen (secondary N) is 1. The van der Waals surface area contributed by atoms with Crippen LogP contribution >= 0.6 is 0 Å². The molecular formula is C49H95NO9. The summed E-state index contributed by atoms with van der Waals surface area (Å²) in [6.07, 6.45) is 33.2. The molecule has 1 heterocycles. The standard InChI is InChI=1S/C49H95NO9/c1-4-5-6-7-8-9-10-11-12-13-14-15-16-17-18-19-20-21-24-28-31-34-37-43(53)48(57)50-41(39-58-49-47(56)46(55)45(54)44(38-51)59-49)42(52)36-33-30-27-25-22-23-26-29-32-35-40(2)3/h33,36,40-47,49,51-56H,4-32,34-35,37-39H2,1-3H3,(H,50,57)/b36-33+/t41-,42+,43?,44+,45+,46-,47+,49+/m0/s1. The highest BCUT2D eigenvalue weighted by molar-refractivity contribution is 5.80. The second-order valence-electron chi connectivity index (χ2n) is 18.2. The van der Waals surface area contributed by atoms with E-state index in [1.54, 1.807) is 6.08 Å². The minimum absolute atomic E-state index is 0.303. The van der Waals surface area contributed by atoms with Gasteiger partial charge in [0.1, 0.15) is 30.5 Å². The first-order chi connectivity index (χ1) is 28.6. The van der Waals surface area contributed by atoms with Crippen LogP contribution in [0.5, 0.6) is 0 Å². The number of amides is 1. The van der Waals surface area contributed by atoms with Crippen molar-refractivity contribution in [3.05, 3.63) is 12.2 Å². The van der Waals surface area contributed by atoms with Gasteiger partial charge < -0.3 is 45.4 Å². The summed E-state index contributed by atoms with van der Waals surface area (Å²) in [6.45, 7) is 5.91. The number of carbonyl (C=O) groups is 1. The predicted octanol–water partition coefficient (Wildman–Crippen LogP) is 9.72. The molecule has 1 unspecified atom stereocenters. The second kappa shape index (κ2) is 38.6. The first-order valence-electron chi connectivity index (χ1n) is 24.9. The van der Waals surface area contributed by atoms with Crippen LogP contribution in [0.1, 0.15) is 226 Å². The molecule has 1 aliphatic heterocycles. The highest BCUT2D eigenvalue weighted by atomic mass is 16.7. The normalized spacial score (nSPS) is 21.4. The number of carbonyl (C=O) groups excluding carboxylic acids is 1. The highest BCUT2D eigenvalue weighted by Gasteiger charge is 2.44. The Bertz CT molecular complexity index is 966. The van der Waals surface area contributed by atoms with Crippen LogP contribution in [0.2, 0.25) is 0 Å². The van der Waals surface area contributed by atoms with E-state index >= 15 is 0 Å². The molecule has 10 heteroatoms. The van der Waals surface area contributed by atoms with E-state index in [2.05, 4.69) is 26.1 Å². The minimum Gasteiger partial charge on any atom is -0.394 e. The number of ether oxygens (including phenoxy) is 2. The maximum Gasteiger partial charge on any atom is 0.249 e. The number of rotatable bonds is 41. The first kappa shape index (κ1) is 55.9. The molecule has 0 aliphatic carbocycles. The van der Waals surface area contributed by atoms with Gasteiger partial charge >= 0.3 is 0 Å². The summed E-state index contributed by atoms with van der Waals surface area (Å²) >= 11 is 0. The van der Waals surface area contributed by atoms with Crippen molar-refractivity contribution in [1.29, 1.82) is 0 Å². The van der Waals surface area contributed by atoms with E-state index in [9.17, 15) is 35.4 Å². The Balaban J connectivity index is 2.30. The monoisotopic (exact) mass is 842 g/mol. The van der Waals surface area contributed by atoms with Crippen LogP contribution in [0.15, 0.2) is 12.2 Å². The van der Waals surface area contributed by atoms with Crippen molar-refractivity contribution in [3.8, 4) is 0 Å². The van der Waals surface area contributed by atoms with Crippen molar-refractivity contribution >= 4 is 5.91 Å². The quantitative estimate of drug-likeness (QED) is 0.0234. The Labute approximate surface area is 361 Å². The minimum atomic E-state index is -1.61. The Morgan fingerprint density at radius 2 is 1.03 bits per heavy atom. The highest BCUT2D eigenvalue weighted by Crippen LogP contribution is 2.23. The number of hydrogen-bond acceptors (Lipinski definition) is 9. The fourth-order valence-corrected chi connectivity index (χ4v) is 8.05. The Hall–Kier alpha value is -1.11. The SMILES string of the molecule is CCCCCCCCCCCCCCCCCCCCCCCCC(O)C(=O)N[C@@H](CO[C@@H]1O[C@H](CO)[C@@H](O)[C@H](O)[C@H]1O)[C@H](O)/C=C/CCCCCCCCCC(C)C. The van der Waals surface area contributed by atoms with Crippen LogP contribution in [-0.4, -0.2) is 98.7 Å². The summed E-state index contributed by atoms with van der Waals surface area (Å²) in [5, 5.41) is 64.7. The zero-order chi connectivity index (χ0) is 43.4. The van der Waals surface area contributed by atoms with Crippen molar-refractivity contribution in [3.63, 3.8) is 0 Å². The number of allylic oxidation sites excluding steroid dienone is 1. The number of unbranched alkanes of at least 4 members (excludes halogenated alkanes) is 28. The molecule has 59 heavy (non-hydrogen) atoms. The Morgan fingerprint density at radius 1 is 0.610 bits per heavy atom. The van der Waals surface area contributed by atoms with Gasteiger partial charge in [0.05, 0.1) is 25.4 Å². The van der Waals surface area contributed by atoms with Gasteiger partial charge in [-0.15, -0.1) is 0 Å². The van der Waals surface area contributed by atoms with E-state index in [4.69, 9.17) is 9.47 Å². The molecule has 1 saturated heterocycles. The molecule has 7 N–H and O–H groups in total. The van der Waals surface area contributed by atoms with Crippen molar-refractivity contribution in [2.24, 2.45) is 5.92 Å². The van der Waals surface area contributed by atoms with E-state index in [0.29, 0.717) is 6.42 Å². The Morgan fingerprint density at radius 3 is 1.47 bits per heavy atom. The molecule has 0 aromatic carbocycles. The largest absolute Gasteiger partial charge is 0.394 e. The van der Waals surface area contributed by atoms with Gasteiger partial charge in [-0.25, -0.2) is 0 Å². The summed E-state index contributed by atoms with van der Waals surface area (Å²) in [5.74, 6) is 0.152. The van der Waals surface area contributed by atoms with Gasteiger partial charge in [0.2, 0.25) is 5.91 Å². The zero-order valence-electron chi connectivity index (χ0n) is 38.3. The zero-order valence-corrected chi connectivity index (χ0v) is 38.3. The third-order valence-corrected chi connectivity index (χ3v) is 12.1. The smallest absolute Gasteiger partial charge is 0.249 e. The molecule has 0 aromatic rings. The van der Waals surface area contributed by atoms with Gasteiger partial charge in [0.25, 0.3) is 0 Å². The molecule has 10 nitrogen and oxygen atoms in total. The van der Waals surface area contributed by atoms with Gasteiger partial charge in [-0.2, -0.15) is 0 Å². The van der Waals surface area contributed by atoms with E-state index in [1.165, 1.54) is 154 Å². The van der Waals surface area contributed by atoms with Crippen molar-refractivity contribution in [1.82, 2.24) is 5.32 Å². The second-order valence-corrected chi connectivity index (χ2v) is 18.2. The molecule has 0 radical (unpaired) electrons. The predicted molar refractivity (Wildman–Crippen MR) is 241 cm³/mol. The summed E-state index contributed by atoms with van der Waals surface area (Å²) in [7, 11) is 0. The van der Waals surface area contributed by atoms with Crippen LogP contribution in [0.4, 0.5) is 0 Å². The molecule has 8 atom stereocenters. The van der Waals surface area contributed by atoms with Crippen molar-refractivity contribution in [2.75, 3.05) is 13.2 Å². The fourth-order valence-electron chi connectivity index (χ4n) is 8.05. The first-order valence-corrected chi connectivity index (χ1v) is 24.9. The molecule has 0 aromatic heterocycles. The summed E-state index contributed by atoms with van der Waals surface area (Å²) < 4.78 is 11.1. The molecule has 0 bridgehead atoms. The maximum absolute atomic E-state index is 13.1. The molecule has 1 rings (SSSR count). The average molecular weight is 842 g/mol. The van der Waals surface area contributed by atoms with Gasteiger partial charge in [0, 0.05) is 0 Å². The lowest BCUT2D eigenvalue weighted by Gasteiger charge is -2.40. The third-order valence-electron chi connectivity index (χ3n) is 12.1. The summed E-state index contributed by atoms with van der Waals surface area (Å²) in [5.41, 5.74) is 0. The number of aliphatic hydroxyl groups is 6. The lowest BCUT2D eigenvalue weighted by Crippen LogP contribution is -2.60. The molecule has 350 valence electrons. The van der Waals surface area contributed by atoms with Crippen LogP contribution in [-0.2, 0) is 14.3 Å². The lowest BCUT2D eigenvalue weighted by atomic mass is 9.99. The molecule has 1 aliphatic rings. The molecule has 0 spiro atoms. The van der Waals surface area contributed by atoms with Gasteiger partial charge in [-0.3, -0.25) is 4.79 Å². The van der Waals surface area contributed by atoms with Crippen LogP contribution < -0.4 is 5.32 Å². The number of hydrogen-bond donors (Lipinski definition) is 7. The van der Waals surface area contributed by atoms with Crippen LogP contribution in [0, 0.1) is 5.92 Å². The van der Waals surface area contributed by atoms with Gasteiger partial charge in [0.15, 0.2) is 6.29 Å². The molecular weight excluding hydrogens is 747 g/mol. The fraction of sp³-hybridized carbons (Fsp3) is 0.939. The topological polar surface area (TPSA) is 169 Å². The van der Waals surface area contributed by atoms with Gasteiger partial charge in [-0.1, -0.05) is 219 Å². The number of aliphatic hydroxyl groups excluding tert-OH is 6. The van der Waals surface area contributed by atoms with Crippen LogP contribution in [0.3, 0.4) is 0 Å². The summed E-state index contributed by atoms with van der Waals surface area (Å²) in [6, 6.07) is -0.976. The van der Waals surface area contributed by atoms with E-state index in [0.717, 1.165) is 50.9 Å². The summed E-state index contributed by atoms with van der Waals surface area (Å²) in [4.78, 5) is 13.1. The van der Waals surface area contributed by atoms with Crippen LogP contribution in [0.25, 0.3) is 0 Å². The lowest BCUT2D eigenvalue weighted by molar-refractivity contribution is -0.302. The Kier molecular flexibility index (Phi) is 36.5. The van der Waals surface area contributed by atoms with Gasteiger partial charge in [-0.05, 0) is 25.2 Å². The molecule has 1 fully saturated rings. The average Bonchev–Trinajstić information content (AvgIpc) is 3.22.